The molecule has 2 heterocycles. The molecule has 6 heteroatoms. The first-order valence-electron chi connectivity index (χ1n) is 9.51. The van der Waals surface area contributed by atoms with Crippen LogP contribution in [-0.4, -0.2) is 42.3 Å². The average Bonchev–Trinajstić information content (AvgIpc) is 3.16. The van der Waals surface area contributed by atoms with Crippen molar-refractivity contribution in [2.24, 2.45) is 0 Å². The monoisotopic (exact) mass is 355 g/mol. The summed E-state index contributed by atoms with van der Waals surface area (Å²) in [6.07, 6.45) is 2.54. The van der Waals surface area contributed by atoms with Gasteiger partial charge < -0.3 is 20.3 Å². The highest BCUT2D eigenvalue weighted by atomic mass is 16.5. The summed E-state index contributed by atoms with van der Waals surface area (Å²) < 4.78 is 5.65. The van der Waals surface area contributed by atoms with Gasteiger partial charge in [-0.05, 0) is 57.9 Å². The van der Waals surface area contributed by atoms with Crippen LogP contribution in [0.5, 0.6) is 0 Å². The third-order valence-electron chi connectivity index (χ3n) is 4.64. The van der Waals surface area contributed by atoms with Gasteiger partial charge in [0.05, 0.1) is 6.10 Å². The molecular weight excluding hydrogens is 326 g/mol. The lowest BCUT2D eigenvalue weighted by atomic mass is 10.2. The lowest BCUT2D eigenvalue weighted by molar-refractivity contribution is 0.120. The predicted molar refractivity (Wildman–Crippen MR) is 108 cm³/mol. The van der Waals surface area contributed by atoms with Crippen LogP contribution in [0.3, 0.4) is 0 Å². The molecule has 1 unspecified atom stereocenters. The molecule has 0 amide bonds. The van der Waals surface area contributed by atoms with Gasteiger partial charge in [0, 0.05) is 43.7 Å². The minimum absolute atomic E-state index is 0.286. The van der Waals surface area contributed by atoms with Crippen LogP contribution in [0.15, 0.2) is 30.3 Å². The fraction of sp³-hybridized carbons (Fsp3) is 0.500. The number of rotatable bonds is 8. The van der Waals surface area contributed by atoms with E-state index in [4.69, 9.17) is 4.74 Å². The average molecular weight is 355 g/mol. The Balaban J connectivity index is 1.65. The standard InChI is InChI=1S/C20H29N5O/c1-4-25(5-2)17-10-8-16(9-11-17)24-20-13-19(22-15(3)23-20)21-14-18-7-6-12-26-18/h8-11,13,18H,4-7,12,14H2,1-3H3,(H2,21,22,23,24). The normalized spacial score (nSPS) is 16.5. The summed E-state index contributed by atoms with van der Waals surface area (Å²) in [7, 11) is 0. The highest BCUT2D eigenvalue weighted by Crippen LogP contribution is 2.22. The van der Waals surface area contributed by atoms with E-state index in [0.29, 0.717) is 0 Å². The topological polar surface area (TPSA) is 62.3 Å². The van der Waals surface area contributed by atoms with Crippen LogP contribution in [0.4, 0.5) is 23.0 Å². The number of aromatic nitrogens is 2. The van der Waals surface area contributed by atoms with E-state index < -0.39 is 0 Å². The smallest absolute Gasteiger partial charge is 0.136 e. The van der Waals surface area contributed by atoms with E-state index in [9.17, 15) is 0 Å². The zero-order valence-corrected chi connectivity index (χ0v) is 16.0. The molecule has 2 N–H and O–H groups in total. The fourth-order valence-electron chi connectivity index (χ4n) is 3.24. The molecule has 3 rings (SSSR count). The Kier molecular flexibility index (Phi) is 6.28. The van der Waals surface area contributed by atoms with E-state index in [1.165, 1.54) is 5.69 Å². The second-order valence-corrected chi connectivity index (χ2v) is 6.55. The van der Waals surface area contributed by atoms with E-state index in [-0.39, 0.29) is 6.10 Å². The number of benzene rings is 1. The zero-order valence-electron chi connectivity index (χ0n) is 16.0. The van der Waals surface area contributed by atoms with Crippen LogP contribution in [0.2, 0.25) is 0 Å². The van der Waals surface area contributed by atoms with Gasteiger partial charge in [0.15, 0.2) is 0 Å². The summed E-state index contributed by atoms with van der Waals surface area (Å²) in [5.74, 6) is 2.36. The Morgan fingerprint density at radius 2 is 1.85 bits per heavy atom. The molecule has 0 saturated carbocycles. The first-order chi connectivity index (χ1) is 12.7. The van der Waals surface area contributed by atoms with Crippen LogP contribution in [-0.2, 0) is 4.74 Å². The van der Waals surface area contributed by atoms with Crippen LogP contribution < -0.4 is 15.5 Å². The SMILES string of the molecule is CCN(CC)c1ccc(Nc2cc(NCC3CCCO3)nc(C)n2)cc1. The van der Waals surface area contributed by atoms with Crippen molar-refractivity contribution in [2.75, 3.05) is 41.8 Å². The van der Waals surface area contributed by atoms with Crippen molar-refractivity contribution in [3.8, 4) is 0 Å². The van der Waals surface area contributed by atoms with Crippen LogP contribution in [0.1, 0.15) is 32.5 Å². The van der Waals surface area contributed by atoms with Crippen LogP contribution >= 0.6 is 0 Å². The zero-order chi connectivity index (χ0) is 18.4. The lowest BCUT2D eigenvalue weighted by Crippen LogP contribution is -2.21. The molecule has 1 saturated heterocycles. The molecule has 0 aliphatic carbocycles. The first-order valence-corrected chi connectivity index (χ1v) is 9.51. The van der Waals surface area contributed by atoms with Gasteiger partial charge in [-0.2, -0.15) is 0 Å². The molecule has 1 aromatic heterocycles. The summed E-state index contributed by atoms with van der Waals surface area (Å²) in [4.78, 5) is 11.3. The maximum Gasteiger partial charge on any atom is 0.136 e. The molecule has 1 atom stereocenters. The molecule has 0 spiro atoms. The second kappa shape index (κ2) is 8.85. The molecule has 0 bridgehead atoms. The van der Waals surface area contributed by atoms with Crippen molar-refractivity contribution in [1.82, 2.24) is 9.97 Å². The van der Waals surface area contributed by atoms with Crippen molar-refractivity contribution in [1.29, 1.82) is 0 Å². The highest BCUT2D eigenvalue weighted by Gasteiger charge is 2.15. The molecule has 1 aliphatic rings. The maximum atomic E-state index is 5.65. The van der Waals surface area contributed by atoms with E-state index >= 15 is 0 Å². The van der Waals surface area contributed by atoms with Crippen molar-refractivity contribution in [3.63, 3.8) is 0 Å². The van der Waals surface area contributed by atoms with Gasteiger partial charge in [-0.1, -0.05) is 0 Å². The minimum Gasteiger partial charge on any atom is -0.376 e. The van der Waals surface area contributed by atoms with Gasteiger partial charge in [-0.3, -0.25) is 0 Å². The summed E-state index contributed by atoms with van der Waals surface area (Å²) in [6, 6.07) is 10.4. The summed E-state index contributed by atoms with van der Waals surface area (Å²) in [5, 5.41) is 6.74. The van der Waals surface area contributed by atoms with E-state index in [2.05, 4.69) is 63.6 Å². The lowest BCUT2D eigenvalue weighted by Gasteiger charge is -2.21. The molecule has 1 aromatic carbocycles. The van der Waals surface area contributed by atoms with Gasteiger partial charge in [0.2, 0.25) is 0 Å². The summed E-state index contributed by atoms with van der Waals surface area (Å²) in [5.41, 5.74) is 2.25. The van der Waals surface area contributed by atoms with Gasteiger partial charge in [-0.25, -0.2) is 9.97 Å². The number of ether oxygens (including phenoxy) is 1. The van der Waals surface area contributed by atoms with E-state index in [1.54, 1.807) is 0 Å². The van der Waals surface area contributed by atoms with E-state index in [1.807, 2.05) is 13.0 Å². The van der Waals surface area contributed by atoms with Crippen LogP contribution in [0.25, 0.3) is 0 Å². The Labute approximate surface area is 156 Å². The number of anilines is 4. The third kappa shape index (κ3) is 4.85. The van der Waals surface area contributed by atoms with Gasteiger partial charge in [0.25, 0.3) is 0 Å². The van der Waals surface area contributed by atoms with Gasteiger partial charge in [-0.15, -0.1) is 0 Å². The Morgan fingerprint density at radius 3 is 2.50 bits per heavy atom. The molecule has 26 heavy (non-hydrogen) atoms. The largest absolute Gasteiger partial charge is 0.376 e. The Bertz CT molecular complexity index is 694. The van der Waals surface area contributed by atoms with Crippen molar-refractivity contribution in [3.05, 3.63) is 36.2 Å². The second-order valence-electron chi connectivity index (χ2n) is 6.55. The summed E-state index contributed by atoms with van der Waals surface area (Å²) in [6.45, 7) is 9.92. The molecule has 1 fully saturated rings. The quantitative estimate of drug-likeness (QED) is 0.747. The highest BCUT2D eigenvalue weighted by molar-refractivity contribution is 5.62. The Morgan fingerprint density at radius 1 is 1.12 bits per heavy atom. The van der Waals surface area contributed by atoms with E-state index in [0.717, 1.165) is 62.2 Å². The third-order valence-corrected chi connectivity index (χ3v) is 4.64. The molecule has 6 nitrogen and oxygen atoms in total. The molecule has 140 valence electrons. The molecule has 2 aromatic rings. The Hall–Kier alpha value is -2.34. The van der Waals surface area contributed by atoms with Gasteiger partial charge in [0.1, 0.15) is 17.5 Å². The van der Waals surface area contributed by atoms with Gasteiger partial charge >= 0.3 is 0 Å². The molecule has 1 aliphatic heterocycles. The molecule has 0 radical (unpaired) electrons. The predicted octanol–water partition coefficient (Wildman–Crippen LogP) is 3.97. The number of nitrogens with one attached hydrogen (secondary N) is 2. The number of hydrogen-bond donors (Lipinski definition) is 2. The number of hydrogen-bond acceptors (Lipinski definition) is 6. The summed E-state index contributed by atoms with van der Waals surface area (Å²) >= 11 is 0. The fourth-order valence-corrected chi connectivity index (χ4v) is 3.24. The number of nitrogens with zero attached hydrogens (tertiary/aromatic N) is 3. The maximum absolute atomic E-state index is 5.65. The van der Waals surface area contributed by atoms with Crippen molar-refractivity contribution >= 4 is 23.0 Å². The van der Waals surface area contributed by atoms with Crippen molar-refractivity contribution in [2.45, 2.75) is 39.7 Å². The minimum atomic E-state index is 0.286. The number of aryl methyl sites for hydroxylation is 1. The van der Waals surface area contributed by atoms with Crippen molar-refractivity contribution < 1.29 is 4.74 Å². The first kappa shape index (κ1) is 18.5. The van der Waals surface area contributed by atoms with Crippen LogP contribution in [0, 0.1) is 6.92 Å². The molecular formula is C20H29N5O.